The van der Waals surface area contributed by atoms with Crippen LogP contribution in [0.2, 0.25) is 0 Å². The number of nitrogens with zero attached hydrogens (tertiary/aromatic N) is 4. The fraction of sp³-hybridized carbons (Fsp3) is 0.800. The molecular formula is C15H28N4O. The Morgan fingerprint density at radius 1 is 1.45 bits per heavy atom. The summed E-state index contributed by atoms with van der Waals surface area (Å²) in [5, 5.41) is 8.33. The fourth-order valence-corrected chi connectivity index (χ4v) is 1.88. The summed E-state index contributed by atoms with van der Waals surface area (Å²) >= 11 is 0. The first-order chi connectivity index (χ1) is 9.20. The van der Waals surface area contributed by atoms with Crippen molar-refractivity contribution < 1.29 is 4.79 Å². The van der Waals surface area contributed by atoms with Crippen LogP contribution in [0, 0.1) is 11.3 Å². The summed E-state index contributed by atoms with van der Waals surface area (Å²) in [6, 6.07) is 0. The molecule has 1 aromatic rings. The van der Waals surface area contributed by atoms with E-state index in [1.807, 2.05) is 24.7 Å². The molecule has 5 heteroatoms. The van der Waals surface area contributed by atoms with Crippen molar-refractivity contribution >= 4 is 5.78 Å². The van der Waals surface area contributed by atoms with Gasteiger partial charge in [0.2, 0.25) is 0 Å². The van der Waals surface area contributed by atoms with Gasteiger partial charge in [-0.25, -0.2) is 0 Å². The van der Waals surface area contributed by atoms with Crippen LogP contribution in [0.15, 0.2) is 6.20 Å². The Balaban J connectivity index is 2.44. The molecule has 0 radical (unpaired) electrons. The van der Waals surface area contributed by atoms with Crippen LogP contribution < -0.4 is 0 Å². The molecule has 0 bridgehead atoms. The third kappa shape index (κ3) is 5.41. The van der Waals surface area contributed by atoms with Crippen molar-refractivity contribution in [1.82, 2.24) is 19.9 Å². The van der Waals surface area contributed by atoms with Crippen molar-refractivity contribution in [3.05, 3.63) is 11.9 Å². The maximum atomic E-state index is 11.5. The number of hydrogen-bond acceptors (Lipinski definition) is 4. The lowest BCUT2D eigenvalue weighted by Crippen LogP contribution is -2.28. The highest BCUT2D eigenvalue weighted by molar-refractivity contribution is 5.81. The smallest absolute Gasteiger partial charge is 0.135 e. The molecule has 0 saturated carbocycles. The SMILES string of the molecule is CC(=O)C(C)(C)CCN(C)Cc1cn(CC(C)C)nn1. The number of aromatic nitrogens is 3. The largest absolute Gasteiger partial charge is 0.300 e. The molecule has 0 saturated heterocycles. The Morgan fingerprint density at radius 3 is 2.65 bits per heavy atom. The van der Waals surface area contributed by atoms with E-state index in [2.05, 4.69) is 36.1 Å². The zero-order chi connectivity index (χ0) is 15.3. The van der Waals surface area contributed by atoms with Crippen molar-refractivity contribution in [3.63, 3.8) is 0 Å². The van der Waals surface area contributed by atoms with E-state index >= 15 is 0 Å². The summed E-state index contributed by atoms with van der Waals surface area (Å²) in [5.74, 6) is 0.812. The van der Waals surface area contributed by atoms with Gasteiger partial charge in [-0.2, -0.15) is 0 Å². The minimum Gasteiger partial charge on any atom is -0.300 e. The first-order valence-electron chi connectivity index (χ1n) is 7.29. The van der Waals surface area contributed by atoms with E-state index in [0.29, 0.717) is 5.92 Å². The standard InChI is InChI=1S/C15H28N4O/c1-12(2)9-19-11-14(16-17-19)10-18(6)8-7-15(4,5)13(3)20/h11-12H,7-10H2,1-6H3. The second-order valence-corrected chi connectivity index (χ2v) is 6.75. The van der Waals surface area contributed by atoms with E-state index in [4.69, 9.17) is 0 Å². The highest BCUT2D eigenvalue weighted by atomic mass is 16.1. The Bertz CT molecular complexity index is 437. The molecule has 1 heterocycles. The molecule has 0 unspecified atom stereocenters. The first kappa shape index (κ1) is 16.8. The Kier molecular flexibility index (Phi) is 5.87. The van der Waals surface area contributed by atoms with E-state index in [1.165, 1.54) is 0 Å². The summed E-state index contributed by atoms with van der Waals surface area (Å²) in [4.78, 5) is 13.7. The molecule has 0 atom stereocenters. The van der Waals surface area contributed by atoms with Gasteiger partial charge in [0.25, 0.3) is 0 Å². The number of Topliss-reactive ketones (excluding diaryl/α,β-unsaturated/α-hetero) is 1. The Hall–Kier alpha value is -1.23. The number of carbonyl (C=O) groups excluding carboxylic acids is 1. The van der Waals surface area contributed by atoms with Crippen molar-refractivity contribution in [3.8, 4) is 0 Å². The number of rotatable bonds is 8. The van der Waals surface area contributed by atoms with Crippen LogP contribution in [-0.4, -0.2) is 39.3 Å². The normalized spacial score (nSPS) is 12.4. The van der Waals surface area contributed by atoms with Gasteiger partial charge in [-0.15, -0.1) is 5.10 Å². The van der Waals surface area contributed by atoms with Crippen molar-refractivity contribution in [2.45, 2.75) is 54.1 Å². The van der Waals surface area contributed by atoms with E-state index < -0.39 is 0 Å². The van der Waals surface area contributed by atoms with Crippen molar-refractivity contribution in [2.75, 3.05) is 13.6 Å². The number of ketones is 1. The van der Waals surface area contributed by atoms with Gasteiger partial charge in [-0.3, -0.25) is 9.48 Å². The zero-order valence-electron chi connectivity index (χ0n) is 13.7. The zero-order valence-corrected chi connectivity index (χ0v) is 13.7. The van der Waals surface area contributed by atoms with Crippen molar-refractivity contribution in [1.29, 1.82) is 0 Å². The summed E-state index contributed by atoms with van der Waals surface area (Å²) < 4.78 is 1.90. The quantitative estimate of drug-likeness (QED) is 0.733. The molecule has 0 aliphatic carbocycles. The molecule has 0 amide bonds. The second kappa shape index (κ2) is 6.97. The van der Waals surface area contributed by atoms with Gasteiger partial charge in [0.15, 0.2) is 0 Å². The lowest BCUT2D eigenvalue weighted by molar-refractivity contribution is -0.125. The third-order valence-corrected chi connectivity index (χ3v) is 3.64. The number of hydrogen-bond donors (Lipinski definition) is 0. The molecule has 114 valence electrons. The molecule has 0 spiro atoms. The monoisotopic (exact) mass is 280 g/mol. The summed E-state index contributed by atoms with van der Waals surface area (Å²) in [6.45, 7) is 12.5. The molecule has 1 aromatic heterocycles. The van der Waals surface area contributed by atoms with Gasteiger partial charge in [0.1, 0.15) is 5.78 Å². The van der Waals surface area contributed by atoms with Crippen LogP contribution in [0.4, 0.5) is 0 Å². The average molecular weight is 280 g/mol. The molecule has 0 aliphatic rings. The highest BCUT2D eigenvalue weighted by Crippen LogP contribution is 2.21. The minimum absolute atomic E-state index is 0.244. The first-order valence-corrected chi connectivity index (χ1v) is 7.29. The van der Waals surface area contributed by atoms with Crippen LogP contribution in [0.5, 0.6) is 0 Å². The van der Waals surface area contributed by atoms with Gasteiger partial charge in [-0.05, 0) is 32.9 Å². The van der Waals surface area contributed by atoms with Crippen LogP contribution in [-0.2, 0) is 17.9 Å². The lowest BCUT2D eigenvalue weighted by Gasteiger charge is -2.24. The van der Waals surface area contributed by atoms with Gasteiger partial charge >= 0.3 is 0 Å². The van der Waals surface area contributed by atoms with Crippen LogP contribution >= 0.6 is 0 Å². The summed E-state index contributed by atoms with van der Waals surface area (Å²) in [7, 11) is 2.05. The minimum atomic E-state index is -0.247. The summed E-state index contributed by atoms with van der Waals surface area (Å²) in [5.41, 5.74) is 0.734. The predicted octanol–water partition coefficient (Wildman–Crippen LogP) is 2.37. The summed E-state index contributed by atoms with van der Waals surface area (Å²) in [6.07, 6.45) is 2.87. The lowest BCUT2D eigenvalue weighted by atomic mass is 9.85. The van der Waals surface area contributed by atoms with Crippen LogP contribution in [0.3, 0.4) is 0 Å². The van der Waals surface area contributed by atoms with Gasteiger partial charge < -0.3 is 4.90 Å². The number of carbonyl (C=O) groups is 1. The Labute approximate surface area is 122 Å². The molecule has 0 aromatic carbocycles. The topological polar surface area (TPSA) is 51.0 Å². The average Bonchev–Trinajstić information content (AvgIpc) is 2.73. The molecule has 0 aliphatic heterocycles. The fourth-order valence-electron chi connectivity index (χ4n) is 1.88. The third-order valence-electron chi connectivity index (χ3n) is 3.64. The van der Waals surface area contributed by atoms with Crippen molar-refractivity contribution in [2.24, 2.45) is 11.3 Å². The molecular weight excluding hydrogens is 252 g/mol. The van der Waals surface area contributed by atoms with Gasteiger partial charge in [-0.1, -0.05) is 32.9 Å². The molecule has 5 nitrogen and oxygen atoms in total. The predicted molar refractivity (Wildman–Crippen MR) is 80.3 cm³/mol. The van der Waals surface area contributed by atoms with E-state index in [0.717, 1.165) is 31.7 Å². The van der Waals surface area contributed by atoms with E-state index in [-0.39, 0.29) is 11.2 Å². The Morgan fingerprint density at radius 2 is 2.10 bits per heavy atom. The van der Waals surface area contributed by atoms with Crippen LogP contribution in [0.25, 0.3) is 0 Å². The van der Waals surface area contributed by atoms with Gasteiger partial charge in [0.05, 0.1) is 5.69 Å². The van der Waals surface area contributed by atoms with Gasteiger partial charge in [0, 0.05) is 24.7 Å². The van der Waals surface area contributed by atoms with E-state index in [1.54, 1.807) is 6.92 Å². The maximum absolute atomic E-state index is 11.5. The highest BCUT2D eigenvalue weighted by Gasteiger charge is 2.23. The molecule has 0 N–H and O–H groups in total. The molecule has 20 heavy (non-hydrogen) atoms. The maximum Gasteiger partial charge on any atom is 0.135 e. The second-order valence-electron chi connectivity index (χ2n) is 6.75. The van der Waals surface area contributed by atoms with E-state index in [9.17, 15) is 4.79 Å². The molecule has 0 fully saturated rings. The molecule has 1 rings (SSSR count). The van der Waals surface area contributed by atoms with Crippen LogP contribution in [0.1, 0.15) is 46.7 Å².